The number of nitrogens with zero attached hydrogens (tertiary/aromatic N) is 5. The minimum atomic E-state index is -0.424. The standard InChI is InChI=1S/C22H19FN6OS/c1-12-14(3)27-28-22(19(12)10-25)31-11-20(30)26-21-18(9-24)13(2)15(4)29(21)17-7-5-6-16(23)8-17/h5-8H,11H2,1-4H3,(H,26,30). The van der Waals surface area contributed by atoms with Crippen molar-refractivity contribution >= 4 is 23.5 Å². The van der Waals surface area contributed by atoms with Crippen LogP contribution in [0.4, 0.5) is 10.2 Å². The zero-order valence-electron chi connectivity index (χ0n) is 17.4. The van der Waals surface area contributed by atoms with Gasteiger partial charge in [-0.05, 0) is 57.0 Å². The Morgan fingerprint density at radius 2 is 1.84 bits per heavy atom. The van der Waals surface area contributed by atoms with Gasteiger partial charge in [0.2, 0.25) is 5.91 Å². The monoisotopic (exact) mass is 434 g/mol. The quantitative estimate of drug-likeness (QED) is 0.606. The summed E-state index contributed by atoms with van der Waals surface area (Å²) in [6, 6.07) is 10.1. The Kier molecular flexibility index (Phi) is 6.38. The van der Waals surface area contributed by atoms with Gasteiger partial charge in [-0.15, -0.1) is 5.10 Å². The molecule has 0 aliphatic heterocycles. The smallest absolute Gasteiger partial charge is 0.235 e. The summed E-state index contributed by atoms with van der Waals surface area (Å²) in [6.07, 6.45) is 0. The summed E-state index contributed by atoms with van der Waals surface area (Å²) in [6.45, 7) is 7.12. The fourth-order valence-electron chi connectivity index (χ4n) is 3.12. The predicted molar refractivity (Wildman–Crippen MR) is 115 cm³/mol. The lowest BCUT2D eigenvalue weighted by atomic mass is 10.1. The highest BCUT2D eigenvalue weighted by molar-refractivity contribution is 8.00. The van der Waals surface area contributed by atoms with Crippen molar-refractivity contribution in [2.24, 2.45) is 0 Å². The number of aryl methyl sites for hydroxylation is 1. The molecule has 1 aromatic carbocycles. The highest BCUT2D eigenvalue weighted by Crippen LogP contribution is 2.31. The molecule has 7 nitrogen and oxygen atoms in total. The van der Waals surface area contributed by atoms with Crippen LogP contribution in [0.5, 0.6) is 0 Å². The van der Waals surface area contributed by atoms with E-state index in [9.17, 15) is 19.7 Å². The van der Waals surface area contributed by atoms with E-state index in [1.807, 2.05) is 0 Å². The van der Waals surface area contributed by atoms with E-state index in [0.717, 1.165) is 23.0 Å². The van der Waals surface area contributed by atoms with E-state index in [1.54, 1.807) is 44.4 Å². The fourth-order valence-corrected chi connectivity index (χ4v) is 3.90. The van der Waals surface area contributed by atoms with Crippen LogP contribution in [0.25, 0.3) is 5.69 Å². The summed E-state index contributed by atoms with van der Waals surface area (Å²) in [5.41, 5.74) is 3.98. The third-order valence-electron chi connectivity index (χ3n) is 5.02. The van der Waals surface area contributed by atoms with Crippen molar-refractivity contribution in [3.63, 3.8) is 0 Å². The molecule has 31 heavy (non-hydrogen) atoms. The Hall–Kier alpha value is -3.69. The fraction of sp³-hybridized carbons (Fsp3) is 0.227. The first-order valence-corrected chi connectivity index (χ1v) is 10.3. The Morgan fingerprint density at radius 3 is 2.48 bits per heavy atom. The van der Waals surface area contributed by atoms with Crippen molar-refractivity contribution in [2.45, 2.75) is 32.7 Å². The first-order valence-electron chi connectivity index (χ1n) is 9.33. The van der Waals surface area contributed by atoms with Gasteiger partial charge in [0, 0.05) is 5.69 Å². The number of carbonyl (C=O) groups is 1. The zero-order valence-corrected chi connectivity index (χ0v) is 18.3. The molecule has 1 N–H and O–H groups in total. The average molecular weight is 435 g/mol. The average Bonchev–Trinajstić information content (AvgIpc) is 2.98. The third-order valence-corrected chi connectivity index (χ3v) is 5.99. The van der Waals surface area contributed by atoms with Crippen LogP contribution in [0.15, 0.2) is 29.3 Å². The van der Waals surface area contributed by atoms with Gasteiger partial charge >= 0.3 is 0 Å². The number of aromatic nitrogens is 3. The number of halogens is 1. The second kappa shape index (κ2) is 8.99. The van der Waals surface area contributed by atoms with E-state index in [2.05, 4.69) is 27.7 Å². The highest BCUT2D eigenvalue weighted by Gasteiger charge is 2.21. The lowest BCUT2D eigenvalue weighted by molar-refractivity contribution is -0.113. The SMILES string of the molecule is Cc1nnc(SCC(=O)Nc2c(C#N)c(C)c(C)n2-c2cccc(F)c2)c(C#N)c1C. The first-order chi connectivity index (χ1) is 14.8. The van der Waals surface area contributed by atoms with Gasteiger partial charge in [-0.1, -0.05) is 17.8 Å². The second-order valence-electron chi connectivity index (χ2n) is 6.90. The number of rotatable bonds is 5. The van der Waals surface area contributed by atoms with Gasteiger partial charge in [0.05, 0.1) is 28.3 Å². The van der Waals surface area contributed by atoms with Crippen LogP contribution in [-0.2, 0) is 4.79 Å². The molecule has 0 radical (unpaired) electrons. The summed E-state index contributed by atoms with van der Waals surface area (Å²) >= 11 is 1.09. The summed E-state index contributed by atoms with van der Waals surface area (Å²) in [4.78, 5) is 12.7. The van der Waals surface area contributed by atoms with Crippen molar-refractivity contribution in [2.75, 3.05) is 11.1 Å². The van der Waals surface area contributed by atoms with E-state index in [0.29, 0.717) is 33.1 Å². The number of nitriles is 2. The molecular weight excluding hydrogens is 415 g/mol. The number of amides is 1. The van der Waals surface area contributed by atoms with E-state index in [4.69, 9.17) is 0 Å². The molecule has 0 aliphatic rings. The molecule has 0 saturated carbocycles. The van der Waals surface area contributed by atoms with Crippen molar-refractivity contribution in [1.29, 1.82) is 10.5 Å². The van der Waals surface area contributed by atoms with Gasteiger partial charge in [0.25, 0.3) is 0 Å². The number of thioether (sulfide) groups is 1. The Bertz CT molecular complexity index is 1270. The molecule has 0 aliphatic carbocycles. The topological polar surface area (TPSA) is 107 Å². The molecule has 3 rings (SSSR count). The summed E-state index contributed by atoms with van der Waals surface area (Å²) in [5.74, 6) is -0.573. The van der Waals surface area contributed by atoms with Crippen LogP contribution in [0.3, 0.4) is 0 Å². The number of hydrogen-bond acceptors (Lipinski definition) is 6. The Labute approximate surface area is 183 Å². The summed E-state index contributed by atoms with van der Waals surface area (Å²) in [7, 11) is 0. The molecule has 0 fully saturated rings. The molecule has 2 heterocycles. The van der Waals surface area contributed by atoms with Crippen LogP contribution in [0.1, 0.15) is 33.6 Å². The Balaban J connectivity index is 1.91. The molecule has 0 unspecified atom stereocenters. The van der Waals surface area contributed by atoms with Crippen LogP contribution in [0.2, 0.25) is 0 Å². The predicted octanol–water partition coefficient (Wildman–Crippen LogP) is 4.11. The largest absolute Gasteiger partial charge is 0.310 e. The third kappa shape index (κ3) is 4.27. The van der Waals surface area contributed by atoms with Gasteiger partial charge in [-0.25, -0.2) is 4.39 Å². The van der Waals surface area contributed by atoms with Gasteiger partial charge in [0.15, 0.2) is 0 Å². The van der Waals surface area contributed by atoms with E-state index in [-0.39, 0.29) is 17.5 Å². The lowest BCUT2D eigenvalue weighted by Gasteiger charge is -2.13. The number of hydrogen-bond donors (Lipinski definition) is 1. The van der Waals surface area contributed by atoms with Crippen molar-refractivity contribution in [1.82, 2.24) is 14.8 Å². The highest BCUT2D eigenvalue weighted by atomic mass is 32.2. The van der Waals surface area contributed by atoms with Gasteiger partial charge in [0.1, 0.15) is 28.8 Å². The molecule has 2 aromatic heterocycles. The summed E-state index contributed by atoms with van der Waals surface area (Å²) < 4.78 is 15.4. The number of benzene rings is 1. The summed E-state index contributed by atoms with van der Waals surface area (Å²) in [5, 5.41) is 30.2. The minimum Gasteiger partial charge on any atom is -0.310 e. The molecule has 0 spiro atoms. The van der Waals surface area contributed by atoms with Crippen molar-refractivity contribution < 1.29 is 9.18 Å². The van der Waals surface area contributed by atoms with Crippen molar-refractivity contribution in [3.8, 4) is 17.8 Å². The normalized spacial score (nSPS) is 10.4. The van der Waals surface area contributed by atoms with Gasteiger partial charge < -0.3 is 5.32 Å². The molecule has 0 saturated heterocycles. The number of anilines is 1. The van der Waals surface area contributed by atoms with E-state index >= 15 is 0 Å². The van der Waals surface area contributed by atoms with Crippen LogP contribution >= 0.6 is 11.8 Å². The van der Waals surface area contributed by atoms with Gasteiger partial charge in [-0.3, -0.25) is 9.36 Å². The maximum Gasteiger partial charge on any atom is 0.235 e. The van der Waals surface area contributed by atoms with Crippen LogP contribution < -0.4 is 5.32 Å². The number of nitrogens with one attached hydrogen (secondary N) is 1. The molecule has 156 valence electrons. The lowest BCUT2D eigenvalue weighted by Crippen LogP contribution is -2.18. The maximum absolute atomic E-state index is 13.8. The van der Waals surface area contributed by atoms with Gasteiger partial charge in [-0.2, -0.15) is 15.6 Å². The Morgan fingerprint density at radius 1 is 1.13 bits per heavy atom. The van der Waals surface area contributed by atoms with E-state index < -0.39 is 5.82 Å². The second-order valence-corrected chi connectivity index (χ2v) is 7.86. The molecule has 3 aromatic rings. The first kappa shape index (κ1) is 22.0. The maximum atomic E-state index is 13.8. The molecule has 9 heteroatoms. The van der Waals surface area contributed by atoms with Crippen molar-refractivity contribution in [3.05, 3.63) is 63.7 Å². The van der Waals surface area contributed by atoms with Crippen LogP contribution in [0, 0.1) is 56.2 Å². The molecule has 1 amide bonds. The molecule has 0 bridgehead atoms. The molecule has 0 atom stereocenters. The number of carbonyl (C=O) groups excluding carboxylic acids is 1. The zero-order chi connectivity index (χ0) is 22.7. The van der Waals surface area contributed by atoms with E-state index in [1.165, 1.54) is 12.1 Å². The minimum absolute atomic E-state index is 0.0385. The van der Waals surface area contributed by atoms with Crippen LogP contribution in [-0.4, -0.2) is 26.4 Å². The molecular formula is C22H19FN6OS.